The number of nitrogens with one attached hydrogen (secondary N) is 1. The van der Waals surface area contributed by atoms with Crippen molar-refractivity contribution in [2.24, 2.45) is 0 Å². The van der Waals surface area contributed by atoms with E-state index in [0.717, 1.165) is 5.56 Å². The zero-order valence-electron chi connectivity index (χ0n) is 15.1. The van der Waals surface area contributed by atoms with Crippen molar-refractivity contribution in [3.05, 3.63) is 67.0 Å². The number of methoxy groups -OCH3 is 1. The van der Waals surface area contributed by atoms with Crippen LogP contribution in [0, 0.1) is 0 Å². The van der Waals surface area contributed by atoms with E-state index >= 15 is 0 Å². The second-order valence-corrected chi connectivity index (χ2v) is 5.95. The Morgan fingerprint density at radius 2 is 1.89 bits per heavy atom. The van der Waals surface area contributed by atoms with Gasteiger partial charge in [-0.25, -0.2) is 4.98 Å². The second-order valence-electron chi connectivity index (χ2n) is 5.95. The van der Waals surface area contributed by atoms with Gasteiger partial charge in [0.2, 0.25) is 5.89 Å². The highest BCUT2D eigenvalue weighted by Crippen LogP contribution is 2.26. The van der Waals surface area contributed by atoms with Crippen molar-refractivity contribution in [2.75, 3.05) is 19.0 Å². The Kier molecular flexibility index (Phi) is 4.88. The van der Waals surface area contributed by atoms with Gasteiger partial charge in [0.15, 0.2) is 12.2 Å². The second kappa shape index (κ2) is 7.79. The predicted octanol–water partition coefficient (Wildman–Crippen LogP) is 3.92. The average Bonchev–Trinajstić information content (AvgIpc) is 3.16. The summed E-state index contributed by atoms with van der Waals surface area (Å²) in [5.74, 6) is 1.44. The third-order valence-corrected chi connectivity index (χ3v) is 4.01. The summed E-state index contributed by atoms with van der Waals surface area (Å²) >= 11 is 0. The first kappa shape index (κ1) is 17.5. The van der Waals surface area contributed by atoms with E-state index in [1.165, 1.54) is 0 Å². The summed E-state index contributed by atoms with van der Waals surface area (Å²) in [5.41, 5.74) is 2.73. The number of benzene rings is 2. The molecule has 0 radical (unpaired) electrons. The SMILES string of the molecule is COc1cccc(OCC(=O)Nc2ccc3nc(-c4ccncc4)oc3c2)c1. The van der Waals surface area contributed by atoms with Crippen LogP contribution in [0.25, 0.3) is 22.6 Å². The standard InChI is InChI=1S/C21H17N3O4/c1-26-16-3-2-4-17(12-16)27-13-20(25)23-15-5-6-18-19(11-15)28-21(24-18)14-7-9-22-10-8-14/h2-12H,13H2,1H3,(H,23,25). The van der Waals surface area contributed by atoms with Gasteiger partial charge in [0.1, 0.15) is 17.0 Å². The molecule has 0 aliphatic carbocycles. The Labute approximate surface area is 160 Å². The zero-order valence-corrected chi connectivity index (χ0v) is 15.1. The number of fused-ring (bicyclic) bond motifs is 1. The van der Waals surface area contributed by atoms with Gasteiger partial charge in [-0.15, -0.1) is 0 Å². The van der Waals surface area contributed by atoms with Crippen molar-refractivity contribution in [1.29, 1.82) is 0 Å². The molecule has 0 bridgehead atoms. The molecule has 2 heterocycles. The topological polar surface area (TPSA) is 86.5 Å². The lowest BCUT2D eigenvalue weighted by atomic mass is 10.3. The lowest BCUT2D eigenvalue weighted by Crippen LogP contribution is -2.20. The van der Waals surface area contributed by atoms with E-state index in [1.54, 1.807) is 62.0 Å². The largest absolute Gasteiger partial charge is 0.497 e. The average molecular weight is 375 g/mol. The normalized spacial score (nSPS) is 10.6. The van der Waals surface area contributed by atoms with Crippen LogP contribution in [0.1, 0.15) is 0 Å². The third kappa shape index (κ3) is 3.93. The van der Waals surface area contributed by atoms with Crippen LogP contribution in [0.4, 0.5) is 5.69 Å². The maximum Gasteiger partial charge on any atom is 0.262 e. The smallest absolute Gasteiger partial charge is 0.262 e. The molecule has 4 aromatic rings. The first-order chi connectivity index (χ1) is 13.7. The molecule has 140 valence electrons. The predicted molar refractivity (Wildman–Crippen MR) is 104 cm³/mol. The van der Waals surface area contributed by atoms with E-state index in [-0.39, 0.29) is 12.5 Å². The molecule has 2 aromatic heterocycles. The Hall–Kier alpha value is -3.87. The van der Waals surface area contributed by atoms with E-state index < -0.39 is 0 Å². The van der Waals surface area contributed by atoms with Crippen molar-refractivity contribution in [3.8, 4) is 23.0 Å². The Morgan fingerprint density at radius 1 is 1.07 bits per heavy atom. The molecule has 4 rings (SSSR count). The summed E-state index contributed by atoms with van der Waals surface area (Å²) in [7, 11) is 1.57. The number of aromatic nitrogens is 2. The van der Waals surface area contributed by atoms with Crippen LogP contribution in [0.15, 0.2) is 71.4 Å². The molecule has 1 N–H and O–H groups in total. The molecule has 0 aliphatic rings. The molecule has 28 heavy (non-hydrogen) atoms. The van der Waals surface area contributed by atoms with Crippen molar-refractivity contribution in [3.63, 3.8) is 0 Å². The van der Waals surface area contributed by atoms with E-state index in [4.69, 9.17) is 13.9 Å². The van der Waals surface area contributed by atoms with Crippen LogP contribution in [0.5, 0.6) is 11.5 Å². The van der Waals surface area contributed by atoms with Gasteiger partial charge in [0, 0.05) is 35.8 Å². The lowest BCUT2D eigenvalue weighted by Gasteiger charge is -2.08. The highest BCUT2D eigenvalue weighted by atomic mass is 16.5. The monoisotopic (exact) mass is 375 g/mol. The number of ether oxygens (including phenoxy) is 2. The summed E-state index contributed by atoms with van der Waals surface area (Å²) in [4.78, 5) is 20.6. The highest BCUT2D eigenvalue weighted by Gasteiger charge is 2.10. The molecule has 0 atom stereocenters. The molecular formula is C21H17N3O4. The fourth-order valence-corrected chi connectivity index (χ4v) is 2.66. The fraction of sp³-hybridized carbons (Fsp3) is 0.0952. The van der Waals surface area contributed by atoms with Crippen LogP contribution >= 0.6 is 0 Å². The van der Waals surface area contributed by atoms with Crippen LogP contribution in [0.3, 0.4) is 0 Å². The van der Waals surface area contributed by atoms with Crippen LogP contribution < -0.4 is 14.8 Å². The minimum Gasteiger partial charge on any atom is -0.497 e. The van der Waals surface area contributed by atoms with Gasteiger partial charge >= 0.3 is 0 Å². The minimum absolute atomic E-state index is 0.121. The van der Waals surface area contributed by atoms with Gasteiger partial charge in [-0.1, -0.05) is 6.07 Å². The number of carbonyl (C=O) groups excluding carboxylic acids is 1. The molecule has 0 saturated carbocycles. The van der Waals surface area contributed by atoms with Gasteiger partial charge in [0.05, 0.1) is 7.11 Å². The number of anilines is 1. The van der Waals surface area contributed by atoms with Crippen LogP contribution in [0.2, 0.25) is 0 Å². The molecule has 0 aliphatic heterocycles. The van der Waals surface area contributed by atoms with E-state index in [0.29, 0.717) is 34.2 Å². The van der Waals surface area contributed by atoms with Gasteiger partial charge in [-0.05, 0) is 36.4 Å². The summed E-state index contributed by atoms with van der Waals surface area (Å²) in [6.07, 6.45) is 3.36. The summed E-state index contributed by atoms with van der Waals surface area (Å²) < 4.78 is 16.4. The molecule has 0 unspecified atom stereocenters. The van der Waals surface area contributed by atoms with Gasteiger partial charge in [-0.2, -0.15) is 0 Å². The van der Waals surface area contributed by atoms with Crippen LogP contribution in [-0.2, 0) is 4.79 Å². The van der Waals surface area contributed by atoms with Crippen LogP contribution in [-0.4, -0.2) is 29.6 Å². The molecule has 7 nitrogen and oxygen atoms in total. The van der Waals surface area contributed by atoms with E-state index in [9.17, 15) is 4.79 Å². The molecule has 2 aromatic carbocycles. The Bertz CT molecular complexity index is 1110. The number of amides is 1. The number of oxazole rings is 1. The maximum absolute atomic E-state index is 12.2. The first-order valence-corrected chi connectivity index (χ1v) is 8.59. The van der Waals surface area contributed by atoms with E-state index in [2.05, 4.69) is 15.3 Å². The number of nitrogens with zero attached hydrogens (tertiary/aromatic N) is 2. The maximum atomic E-state index is 12.2. The number of hydrogen-bond acceptors (Lipinski definition) is 6. The fourth-order valence-electron chi connectivity index (χ4n) is 2.66. The van der Waals surface area contributed by atoms with Gasteiger partial charge < -0.3 is 19.2 Å². The van der Waals surface area contributed by atoms with Crippen molar-refractivity contribution in [1.82, 2.24) is 9.97 Å². The number of rotatable bonds is 6. The summed E-state index contributed by atoms with van der Waals surface area (Å²) in [5, 5.41) is 2.79. The summed E-state index contributed by atoms with van der Waals surface area (Å²) in [6.45, 7) is -0.121. The Morgan fingerprint density at radius 3 is 2.71 bits per heavy atom. The number of pyridine rings is 1. The van der Waals surface area contributed by atoms with Gasteiger partial charge in [-0.3, -0.25) is 9.78 Å². The first-order valence-electron chi connectivity index (χ1n) is 8.59. The molecular weight excluding hydrogens is 358 g/mol. The van der Waals surface area contributed by atoms with Crippen molar-refractivity contribution >= 4 is 22.7 Å². The molecule has 0 saturated heterocycles. The zero-order chi connectivity index (χ0) is 19.3. The quantitative estimate of drug-likeness (QED) is 0.550. The lowest BCUT2D eigenvalue weighted by molar-refractivity contribution is -0.118. The van der Waals surface area contributed by atoms with E-state index in [1.807, 2.05) is 12.1 Å². The molecule has 1 amide bonds. The third-order valence-electron chi connectivity index (χ3n) is 4.01. The molecule has 0 spiro atoms. The van der Waals surface area contributed by atoms with Gasteiger partial charge in [0.25, 0.3) is 5.91 Å². The number of hydrogen-bond donors (Lipinski definition) is 1. The minimum atomic E-state index is -0.281. The summed E-state index contributed by atoms with van der Waals surface area (Å²) in [6, 6.07) is 16.0. The Balaban J connectivity index is 1.43. The van der Waals surface area contributed by atoms with Crippen molar-refractivity contribution in [2.45, 2.75) is 0 Å². The molecule has 7 heteroatoms. The molecule has 0 fully saturated rings. The highest BCUT2D eigenvalue weighted by molar-refractivity contribution is 5.93. The van der Waals surface area contributed by atoms with Crippen molar-refractivity contribution < 1.29 is 18.7 Å². The number of carbonyl (C=O) groups is 1.